The van der Waals surface area contributed by atoms with Crippen molar-refractivity contribution in [1.29, 1.82) is 0 Å². The molecular formula is C21H15ClN4O4. The van der Waals surface area contributed by atoms with Crippen LogP contribution in [0.5, 0.6) is 5.88 Å². The van der Waals surface area contributed by atoms with Gasteiger partial charge in [0.2, 0.25) is 0 Å². The summed E-state index contributed by atoms with van der Waals surface area (Å²) < 4.78 is 1.36. The highest BCUT2D eigenvalue weighted by Gasteiger charge is 2.17. The zero-order chi connectivity index (χ0) is 21.4. The summed E-state index contributed by atoms with van der Waals surface area (Å²) >= 11 is 6.00. The largest absolute Gasteiger partial charge is 0.494 e. The predicted octanol–water partition coefficient (Wildman–Crippen LogP) is 3.56. The molecule has 8 nitrogen and oxygen atoms in total. The van der Waals surface area contributed by atoms with Crippen LogP contribution in [-0.2, 0) is 7.05 Å². The summed E-state index contributed by atoms with van der Waals surface area (Å²) in [5, 5.41) is 17.2. The summed E-state index contributed by atoms with van der Waals surface area (Å²) in [6, 6.07) is 11.2. The van der Waals surface area contributed by atoms with E-state index in [9.17, 15) is 19.5 Å². The molecule has 0 bridgehead atoms. The molecule has 9 heteroatoms. The van der Waals surface area contributed by atoms with E-state index in [2.05, 4.69) is 15.4 Å². The van der Waals surface area contributed by atoms with Crippen LogP contribution in [0, 0.1) is 0 Å². The lowest BCUT2D eigenvalue weighted by Crippen LogP contribution is -2.17. The number of hydrogen-bond donors (Lipinski definition) is 3. The first-order valence-corrected chi connectivity index (χ1v) is 9.20. The number of aromatic hydroxyl groups is 1. The molecule has 0 spiro atoms. The van der Waals surface area contributed by atoms with Crippen LogP contribution < -0.4 is 5.32 Å². The van der Waals surface area contributed by atoms with Crippen molar-refractivity contribution in [3.63, 3.8) is 0 Å². The second-order valence-electron chi connectivity index (χ2n) is 6.59. The molecule has 150 valence electrons. The van der Waals surface area contributed by atoms with Crippen LogP contribution in [0.25, 0.3) is 10.9 Å². The molecule has 0 saturated heterocycles. The Morgan fingerprint density at radius 1 is 1.20 bits per heavy atom. The second-order valence-corrected chi connectivity index (χ2v) is 7.00. The monoisotopic (exact) mass is 422 g/mol. The first-order chi connectivity index (χ1) is 14.4. The Bertz CT molecular complexity index is 1300. The van der Waals surface area contributed by atoms with Gasteiger partial charge in [0, 0.05) is 34.8 Å². The summed E-state index contributed by atoms with van der Waals surface area (Å²) in [7, 11) is 1.60. The third-order valence-corrected chi connectivity index (χ3v) is 4.97. The number of aromatic nitrogens is 3. The third-order valence-electron chi connectivity index (χ3n) is 4.69. The molecule has 0 radical (unpaired) electrons. The highest BCUT2D eigenvalue weighted by Crippen LogP contribution is 2.27. The summed E-state index contributed by atoms with van der Waals surface area (Å²) in [4.78, 5) is 39.2. The van der Waals surface area contributed by atoms with E-state index in [1.165, 1.54) is 10.9 Å². The van der Waals surface area contributed by atoms with Gasteiger partial charge in [0.1, 0.15) is 5.69 Å². The Hall–Kier alpha value is -3.91. The molecule has 0 fully saturated rings. The maximum Gasteiger partial charge on any atom is 0.275 e. The number of halogens is 1. The van der Waals surface area contributed by atoms with Gasteiger partial charge in [-0.2, -0.15) is 5.10 Å². The summed E-state index contributed by atoms with van der Waals surface area (Å²) in [6.07, 6.45) is 1.93. The number of rotatable bonds is 5. The van der Waals surface area contributed by atoms with E-state index in [4.69, 9.17) is 11.6 Å². The lowest BCUT2D eigenvalue weighted by atomic mass is 10.0. The minimum Gasteiger partial charge on any atom is -0.494 e. The number of carbonyl (C=O) groups excluding carboxylic acids is 3. The van der Waals surface area contributed by atoms with Gasteiger partial charge in [0.05, 0.1) is 16.8 Å². The second kappa shape index (κ2) is 7.49. The van der Waals surface area contributed by atoms with E-state index < -0.39 is 5.91 Å². The van der Waals surface area contributed by atoms with Crippen LogP contribution in [-0.4, -0.2) is 37.8 Å². The van der Waals surface area contributed by atoms with E-state index in [0.717, 1.165) is 0 Å². The fourth-order valence-corrected chi connectivity index (χ4v) is 3.48. The van der Waals surface area contributed by atoms with Crippen LogP contribution in [0.2, 0.25) is 5.02 Å². The number of nitrogens with zero attached hydrogens (tertiary/aromatic N) is 2. The molecule has 2 aromatic carbocycles. The van der Waals surface area contributed by atoms with Crippen molar-refractivity contribution in [2.45, 2.75) is 0 Å². The minimum atomic E-state index is -0.450. The van der Waals surface area contributed by atoms with Gasteiger partial charge in [-0.05, 0) is 18.2 Å². The zero-order valence-corrected chi connectivity index (χ0v) is 16.4. The standard InChI is InChI=1S/C21H15ClN4O4/c1-26-18(16(22)9-23-26)21(30)24-13-4-2-3-11(7-13)19(28)12-5-6-14-15(10-27)20(29)25-17(14)8-12/h2-10,25,29H,1H3,(H,24,30). The number of aldehydes is 1. The fraction of sp³-hybridized carbons (Fsp3) is 0.0476. The Balaban J connectivity index is 1.62. The van der Waals surface area contributed by atoms with E-state index in [0.29, 0.717) is 34.0 Å². The van der Waals surface area contributed by atoms with Crippen LogP contribution in [0.1, 0.15) is 36.8 Å². The Morgan fingerprint density at radius 2 is 1.97 bits per heavy atom. The molecule has 0 aliphatic rings. The van der Waals surface area contributed by atoms with E-state index >= 15 is 0 Å². The number of hydrogen-bond acceptors (Lipinski definition) is 5. The van der Waals surface area contributed by atoms with E-state index in [-0.39, 0.29) is 27.9 Å². The number of nitrogens with one attached hydrogen (secondary N) is 2. The number of benzene rings is 2. The Kier molecular flexibility index (Phi) is 4.85. The highest BCUT2D eigenvalue weighted by molar-refractivity contribution is 6.34. The topological polar surface area (TPSA) is 117 Å². The molecule has 0 atom stereocenters. The summed E-state index contributed by atoms with van der Waals surface area (Å²) in [5.41, 5.74) is 1.95. The van der Waals surface area contributed by atoms with Gasteiger partial charge in [-0.1, -0.05) is 35.9 Å². The maximum absolute atomic E-state index is 12.9. The van der Waals surface area contributed by atoms with Crippen molar-refractivity contribution >= 4 is 46.2 Å². The van der Waals surface area contributed by atoms with Gasteiger partial charge in [-0.15, -0.1) is 0 Å². The average molecular weight is 423 g/mol. The van der Waals surface area contributed by atoms with Gasteiger partial charge in [0.25, 0.3) is 5.91 Å². The van der Waals surface area contributed by atoms with E-state index in [1.807, 2.05) is 0 Å². The van der Waals surface area contributed by atoms with Gasteiger partial charge in [-0.25, -0.2) is 0 Å². The van der Waals surface area contributed by atoms with Gasteiger partial charge >= 0.3 is 0 Å². The number of amides is 1. The molecule has 2 aromatic heterocycles. The predicted molar refractivity (Wildman–Crippen MR) is 111 cm³/mol. The molecule has 0 aliphatic heterocycles. The van der Waals surface area contributed by atoms with Gasteiger partial charge < -0.3 is 15.4 Å². The van der Waals surface area contributed by atoms with Crippen molar-refractivity contribution < 1.29 is 19.5 Å². The van der Waals surface area contributed by atoms with Crippen molar-refractivity contribution in [3.05, 3.63) is 76.1 Å². The molecule has 0 aliphatic carbocycles. The van der Waals surface area contributed by atoms with Crippen LogP contribution in [0.4, 0.5) is 5.69 Å². The van der Waals surface area contributed by atoms with Crippen LogP contribution in [0.3, 0.4) is 0 Å². The van der Waals surface area contributed by atoms with Gasteiger partial charge in [0.15, 0.2) is 17.9 Å². The van der Waals surface area contributed by atoms with Crippen molar-refractivity contribution in [3.8, 4) is 5.88 Å². The summed E-state index contributed by atoms with van der Waals surface area (Å²) in [5.74, 6) is -0.981. The van der Waals surface area contributed by atoms with Crippen molar-refractivity contribution in [1.82, 2.24) is 14.8 Å². The lowest BCUT2D eigenvalue weighted by Gasteiger charge is -2.08. The number of aryl methyl sites for hydroxylation is 1. The maximum atomic E-state index is 12.9. The molecule has 1 amide bonds. The highest BCUT2D eigenvalue weighted by atomic mass is 35.5. The molecular weight excluding hydrogens is 408 g/mol. The number of aromatic amines is 1. The molecule has 0 unspecified atom stereocenters. The molecule has 4 rings (SSSR count). The number of ketones is 1. The summed E-state index contributed by atoms with van der Waals surface area (Å²) in [6.45, 7) is 0. The number of carbonyl (C=O) groups is 3. The molecule has 3 N–H and O–H groups in total. The first kappa shape index (κ1) is 19.4. The quantitative estimate of drug-likeness (QED) is 0.336. The fourth-order valence-electron chi connectivity index (χ4n) is 3.23. The first-order valence-electron chi connectivity index (χ1n) is 8.82. The normalized spacial score (nSPS) is 10.9. The average Bonchev–Trinajstić information content (AvgIpc) is 3.24. The van der Waals surface area contributed by atoms with E-state index in [1.54, 1.807) is 49.5 Å². The third kappa shape index (κ3) is 3.33. The molecule has 30 heavy (non-hydrogen) atoms. The zero-order valence-electron chi connectivity index (χ0n) is 15.6. The Labute approximate surface area is 175 Å². The Morgan fingerprint density at radius 3 is 2.67 bits per heavy atom. The SMILES string of the molecule is Cn1ncc(Cl)c1C(=O)Nc1cccc(C(=O)c2ccc3c(C=O)c(O)[nH]c3c2)c1. The number of anilines is 1. The molecule has 2 heterocycles. The van der Waals surface area contributed by atoms with Crippen LogP contribution >= 0.6 is 11.6 Å². The van der Waals surface area contributed by atoms with Crippen LogP contribution in [0.15, 0.2) is 48.7 Å². The van der Waals surface area contributed by atoms with Crippen molar-refractivity contribution in [2.24, 2.45) is 7.05 Å². The molecule has 4 aromatic rings. The number of fused-ring (bicyclic) bond motifs is 1. The number of H-pyrrole nitrogens is 1. The van der Waals surface area contributed by atoms with Gasteiger partial charge in [-0.3, -0.25) is 19.1 Å². The lowest BCUT2D eigenvalue weighted by molar-refractivity contribution is 0.101. The molecule has 0 saturated carbocycles. The van der Waals surface area contributed by atoms with Crippen molar-refractivity contribution in [2.75, 3.05) is 5.32 Å². The smallest absolute Gasteiger partial charge is 0.275 e. The minimum absolute atomic E-state index is 0.141.